The highest BCUT2D eigenvalue weighted by atomic mass is 16.5. The summed E-state index contributed by atoms with van der Waals surface area (Å²) in [6, 6.07) is 0. The Morgan fingerprint density at radius 1 is 1.55 bits per heavy atom. The van der Waals surface area contributed by atoms with Crippen LogP contribution in [-0.4, -0.2) is 28.5 Å². The van der Waals surface area contributed by atoms with Gasteiger partial charge in [-0.3, -0.25) is 0 Å². The summed E-state index contributed by atoms with van der Waals surface area (Å²) in [5.74, 6) is 1.60. The van der Waals surface area contributed by atoms with Crippen LogP contribution in [0.5, 0.6) is 0 Å². The van der Waals surface area contributed by atoms with Gasteiger partial charge >= 0.3 is 0 Å². The topological polar surface area (TPSA) is 68.4 Å². The molecule has 0 aliphatic heterocycles. The summed E-state index contributed by atoms with van der Waals surface area (Å²) < 4.78 is 11.1. The molecule has 0 spiro atoms. The van der Waals surface area contributed by atoms with E-state index in [1.165, 1.54) is 6.42 Å². The van der Waals surface area contributed by atoms with Gasteiger partial charge in [0.2, 0.25) is 11.7 Å². The van der Waals surface area contributed by atoms with Crippen molar-refractivity contribution in [2.24, 2.45) is 5.92 Å². The van der Waals surface area contributed by atoms with Gasteiger partial charge in [0, 0.05) is 7.11 Å². The Morgan fingerprint density at radius 3 is 2.90 bits per heavy atom. The first-order valence-corrected chi connectivity index (χ1v) is 7.59. The molecule has 20 heavy (non-hydrogen) atoms. The third-order valence-electron chi connectivity index (χ3n) is 4.58. The molecule has 2 rings (SSSR count). The zero-order valence-electron chi connectivity index (χ0n) is 12.9. The molecule has 0 amide bonds. The molecule has 0 saturated heterocycles. The Morgan fingerprint density at radius 2 is 2.30 bits per heavy atom. The van der Waals surface area contributed by atoms with Crippen LogP contribution in [0.2, 0.25) is 0 Å². The summed E-state index contributed by atoms with van der Waals surface area (Å²) in [4.78, 5) is 4.52. The molecule has 1 fully saturated rings. The summed E-state index contributed by atoms with van der Waals surface area (Å²) in [7, 11) is 1.72. The van der Waals surface area contributed by atoms with E-state index < -0.39 is 11.7 Å². The molecule has 0 radical (unpaired) electrons. The third kappa shape index (κ3) is 2.88. The molecule has 1 aliphatic rings. The number of ether oxygens (including phenoxy) is 1. The van der Waals surface area contributed by atoms with E-state index in [4.69, 9.17) is 9.26 Å². The van der Waals surface area contributed by atoms with Crippen molar-refractivity contribution in [3.63, 3.8) is 0 Å². The van der Waals surface area contributed by atoms with Crippen LogP contribution in [-0.2, 0) is 10.3 Å². The number of hydrogen-bond acceptors (Lipinski definition) is 5. The minimum atomic E-state index is -0.452. The maximum atomic E-state index is 9.90. The molecule has 1 aliphatic carbocycles. The fourth-order valence-electron chi connectivity index (χ4n) is 3.11. The van der Waals surface area contributed by atoms with Crippen LogP contribution in [0.15, 0.2) is 4.52 Å². The lowest BCUT2D eigenvalue weighted by molar-refractivity contribution is -0.0658. The summed E-state index contributed by atoms with van der Waals surface area (Å²) in [6.07, 6.45) is 4.41. The normalized spacial score (nSPS) is 30.1. The number of aromatic nitrogens is 2. The lowest BCUT2D eigenvalue weighted by Gasteiger charge is -2.36. The minimum absolute atomic E-state index is 0.142. The molecule has 4 unspecified atom stereocenters. The van der Waals surface area contributed by atoms with Gasteiger partial charge in [-0.1, -0.05) is 32.3 Å². The van der Waals surface area contributed by atoms with E-state index in [1.807, 2.05) is 13.8 Å². The molecule has 0 bridgehead atoms. The Hall–Kier alpha value is -0.940. The highest BCUT2D eigenvalue weighted by Crippen LogP contribution is 2.41. The highest BCUT2D eigenvalue weighted by molar-refractivity contribution is 5.06. The summed E-state index contributed by atoms with van der Waals surface area (Å²) in [5, 5.41) is 14.0. The zero-order chi connectivity index (χ0) is 14.8. The minimum Gasteiger partial charge on any atom is -0.392 e. The lowest BCUT2D eigenvalue weighted by atomic mass is 9.78. The molecule has 1 heterocycles. The molecule has 1 aromatic rings. The van der Waals surface area contributed by atoms with Gasteiger partial charge in [-0.25, -0.2) is 0 Å². The van der Waals surface area contributed by atoms with E-state index in [0.29, 0.717) is 24.1 Å². The molecule has 1 N–H and O–H groups in total. The summed E-state index contributed by atoms with van der Waals surface area (Å²) in [6.45, 7) is 6.09. The Balaban J connectivity index is 2.22. The van der Waals surface area contributed by atoms with Crippen molar-refractivity contribution >= 4 is 0 Å². The summed E-state index contributed by atoms with van der Waals surface area (Å²) >= 11 is 0. The number of aliphatic hydroxyl groups excluding tert-OH is 1. The van der Waals surface area contributed by atoms with Crippen molar-refractivity contribution < 1.29 is 14.4 Å². The largest absolute Gasteiger partial charge is 0.392 e. The maximum Gasteiger partial charge on any atom is 0.232 e. The predicted octanol–water partition coefficient (Wildman–Crippen LogP) is 3.00. The van der Waals surface area contributed by atoms with Gasteiger partial charge in [-0.05, 0) is 31.6 Å². The zero-order valence-corrected chi connectivity index (χ0v) is 12.9. The van der Waals surface area contributed by atoms with Gasteiger partial charge in [-0.2, -0.15) is 4.98 Å². The molecule has 0 aromatic carbocycles. The van der Waals surface area contributed by atoms with Gasteiger partial charge in [0.25, 0.3) is 0 Å². The van der Waals surface area contributed by atoms with E-state index in [9.17, 15) is 5.11 Å². The van der Waals surface area contributed by atoms with Gasteiger partial charge in [0.05, 0.1) is 12.0 Å². The van der Waals surface area contributed by atoms with Crippen molar-refractivity contribution in [2.75, 3.05) is 7.11 Å². The fourth-order valence-corrected chi connectivity index (χ4v) is 3.11. The number of hydrogen-bond donors (Lipinski definition) is 1. The number of aliphatic hydroxyl groups is 1. The van der Waals surface area contributed by atoms with Gasteiger partial charge in [-0.15, -0.1) is 0 Å². The standard InChI is InChI=1S/C15H26N2O3/c1-5-12(18)11(3)13-16-14(17-20-13)15(19-4)8-6-7-10(2)9-15/h10-12,18H,5-9H2,1-4H3. The van der Waals surface area contributed by atoms with Crippen molar-refractivity contribution in [2.45, 2.75) is 70.5 Å². The van der Waals surface area contributed by atoms with Gasteiger partial charge < -0.3 is 14.4 Å². The van der Waals surface area contributed by atoms with E-state index in [0.717, 1.165) is 19.3 Å². The van der Waals surface area contributed by atoms with Crippen LogP contribution >= 0.6 is 0 Å². The first-order chi connectivity index (χ1) is 9.52. The van der Waals surface area contributed by atoms with Crippen LogP contribution in [0.1, 0.15) is 70.5 Å². The Kier molecular flexibility index (Phi) is 4.81. The number of rotatable bonds is 5. The second kappa shape index (κ2) is 6.22. The predicted molar refractivity (Wildman–Crippen MR) is 75.3 cm³/mol. The average Bonchev–Trinajstić information content (AvgIpc) is 2.95. The van der Waals surface area contributed by atoms with Crippen molar-refractivity contribution in [1.82, 2.24) is 10.1 Å². The van der Waals surface area contributed by atoms with Crippen LogP contribution in [0.3, 0.4) is 0 Å². The second-order valence-corrected chi connectivity index (χ2v) is 6.12. The van der Waals surface area contributed by atoms with Gasteiger partial charge in [0.1, 0.15) is 5.60 Å². The average molecular weight is 282 g/mol. The van der Waals surface area contributed by atoms with Crippen molar-refractivity contribution in [1.29, 1.82) is 0 Å². The van der Waals surface area contributed by atoms with Crippen LogP contribution in [0.25, 0.3) is 0 Å². The Labute approximate surface area is 120 Å². The third-order valence-corrected chi connectivity index (χ3v) is 4.58. The molecular weight excluding hydrogens is 256 g/mol. The van der Waals surface area contributed by atoms with Crippen LogP contribution in [0, 0.1) is 5.92 Å². The summed E-state index contributed by atoms with van der Waals surface area (Å²) in [5.41, 5.74) is -0.420. The van der Waals surface area contributed by atoms with E-state index in [2.05, 4.69) is 17.1 Å². The highest BCUT2D eigenvalue weighted by Gasteiger charge is 2.41. The molecule has 4 atom stereocenters. The molecule has 5 nitrogen and oxygen atoms in total. The van der Waals surface area contributed by atoms with Crippen LogP contribution in [0.4, 0.5) is 0 Å². The first-order valence-electron chi connectivity index (χ1n) is 7.59. The second-order valence-electron chi connectivity index (χ2n) is 6.12. The quantitative estimate of drug-likeness (QED) is 0.899. The SMILES string of the molecule is CCC(O)C(C)c1nc(C2(OC)CCCC(C)C2)no1. The van der Waals surface area contributed by atoms with Crippen molar-refractivity contribution in [3.8, 4) is 0 Å². The van der Waals surface area contributed by atoms with Crippen molar-refractivity contribution in [3.05, 3.63) is 11.7 Å². The molecule has 1 saturated carbocycles. The number of methoxy groups -OCH3 is 1. The molecule has 1 aromatic heterocycles. The monoisotopic (exact) mass is 282 g/mol. The fraction of sp³-hybridized carbons (Fsp3) is 0.867. The molecule has 114 valence electrons. The smallest absolute Gasteiger partial charge is 0.232 e. The maximum absolute atomic E-state index is 9.90. The number of nitrogens with zero attached hydrogens (tertiary/aromatic N) is 2. The van der Waals surface area contributed by atoms with E-state index in [1.54, 1.807) is 7.11 Å². The first kappa shape index (κ1) is 15.4. The van der Waals surface area contributed by atoms with E-state index in [-0.39, 0.29) is 5.92 Å². The molecule has 5 heteroatoms. The van der Waals surface area contributed by atoms with E-state index >= 15 is 0 Å². The lowest BCUT2D eigenvalue weighted by Crippen LogP contribution is -2.35. The molecular formula is C15H26N2O3. The van der Waals surface area contributed by atoms with Gasteiger partial charge in [0.15, 0.2) is 0 Å². The Bertz CT molecular complexity index is 435. The van der Waals surface area contributed by atoms with Crippen LogP contribution < -0.4 is 0 Å².